The molecule has 0 spiro atoms. The summed E-state index contributed by atoms with van der Waals surface area (Å²) in [6.45, 7) is 4.60. The van der Waals surface area contributed by atoms with E-state index in [1.807, 2.05) is 0 Å². The van der Waals surface area contributed by atoms with Crippen LogP contribution in [-0.4, -0.2) is 48.7 Å². The minimum absolute atomic E-state index is 0.0117. The van der Waals surface area contributed by atoms with E-state index in [1.54, 1.807) is 6.92 Å². The molecule has 38 heavy (non-hydrogen) atoms. The minimum Gasteiger partial charge on any atom is -0.496 e. The standard InChI is InChI=1S/C29H39N3O6/c1-28(10-5-11-28)17-31-25(33)20-6-4-7-22(20)32-26(34)21-15-23(18(16-30)14-24(21)37-3)38-19-8-12-29(2,13-9-19)27(35)36/h14-15,19-20,22H,4-13,17H2,1-3H3,(H,31,33)(H,32,34)(H,35,36)/t19?,20-,22+,29?/m0/s1. The van der Waals surface area contributed by atoms with Crippen molar-refractivity contribution in [3.63, 3.8) is 0 Å². The molecule has 3 aliphatic carbocycles. The summed E-state index contributed by atoms with van der Waals surface area (Å²) in [5, 5.41) is 25.3. The molecule has 9 nitrogen and oxygen atoms in total. The summed E-state index contributed by atoms with van der Waals surface area (Å²) in [5.41, 5.74) is -0.111. The summed E-state index contributed by atoms with van der Waals surface area (Å²) in [5.74, 6) is -0.958. The van der Waals surface area contributed by atoms with Gasteiger partial charge in [0.25, 0.3) is 5.91 Å². The van der Waals surface area contributed by atoms with Gasteiger partial charge in [0.05, 0.1) is 35.7 Å². The van der Waals surface area contributed by atoms with Gasteiger partial charge in [0, 0.05) is 18.7 Å². The molecule has 1 aromatic rings. The fourth-order valence-corrected chi connectivity index (χ4v) is 5.91. The largest absolute Gasteiger partial charge is 0.496 e. The van der Waals surface area contributed by atoms with Crippen molar-refractivity contribution in [2.24, 2.45) is 16.7 Å². The van der Waals surface area contributed by atoms with Gasteiger partial charge in [-0.25, -0.2) is 0 Å². The first-order chi connectivity index (χ1) is 18.1. The second-order valence-corrected chi connectivity index (χ2v) is 11.8. The highest BCUT2D eigenvalue weighted by Gasteiger charge is 2.39. The molecule has 1 aromatic carbocycles. The number of aliphatic carboxylic acids is 1. The summed E-state index contributed by atoms with van der Waals surface area (Å²) in [7, 11) is 1.44. The molecule has 206 valence electrons. The van der Waals surface area contributed by atoms with Gasteiger partial charge in [0.1, 0.15) is 17.6 Å². The number of hydrogen-bond acceptors (Lipinski definition) is 6. The Kier molecular flexibility index (Phi) is 8.19. The van der Waals surface area contributed by atoms with Crippen LogP contribution in [0.25, 0.3) is 0 Å². The van der Waals surface area contributed by atoms with Crippen molar-refractivity contribution in [2.75, 3.05) is 13.7 Å². The third kappa shape index (κ3) is 5.90. The average molecular weight is 526 g/mol. The number of carboxylic acid groups (broad SMARTS) is 1. The molecule has 0 saturated heterocycles. The molecule has 0 radical (unpaired) electrons. The molecule has 3 aliphatic rings. The van der Waals surface area contributed by atoms with E-state index in [0.717, 1.165) is 25.7 Å². The smallest absolute Gasteiger partial charge is 0.309 e. The molecule has 2 atom stereocenters. The van der Waals surface area contributed by atoms with Crippen LogP contribution in [0.1, 0.15) is 94.0 Å². The van der Waals surface area contributed by atoms with E-state index < -0.39 is 11.4 Å². The number of carbonyl (C=O) groups excluding carboxylic acids is 2. The molecule has 0 unspecified atom stereocenters. The Morgan fingerprint density at radius 1 is 1.05 bits per heavy atom. The van der Waals surface area contributed by atoms with Crippen molar-refractivity contribution in [1.29, 1.82) is 5.26 Å². The Hall–Kier alpha value is -3.28. The van der Waals surface area contributed by atoms with E-state index in [0.29, 0.717) is 38.6 Å². The predicted octanol–water partition coefficient (Wildman–Crippen LogP) is 4.18. The Bertz CT molecular complexity index is 1110. The first-order valence-electron chi connectivity index (χ1n) is 13.7. The maximum Gasteiger partial charge on any atom is 0.309 e. The first-order valence-corrected chi connectivity index (χ1v) is 13.7. The topological polar surface area (TPSA) is 138 Å². The summed E-state index contributed by atoms with van der Waals surface area (Å²) in [4.78, 5) is 37.9. The predicted molar refractivity (Wildman–Crippen MR) is 140 cm³/mol. The van der Waals surface area contributed by atoms with E-state index in [-0.39, 0.29) is 57.9 Å². The second-order valence-electron chi connectivity index (χ2n) is 11.8. The minimum atomic E-state index is -0.812. The number of benzene rings is 1. The number of nitrogens with zero attached hydrogens (tertiary/aromatic N) is 1. The Morgan fingerprint density at radius 3 is 2.34 bits per heavy atom. The van der Waals surface area contributed by atoms with Gasteiger partial charge in [0.15, 0.2) is 0 Å². The fourth-order valence-electron chi connectivity index (χ4n) is 5.91. The fraction of sp³-hybridized carbons (Fsp3) is 0.655. The molecular weight excluding hydrogens is 486 g/mol. The van der Waals surface area contributed by atoms with Crippen molar-refractivity contribution in [1.82, 2.24) is 10.6 Å². The van der Waals surface area contributed by atoms with E-state index in [4.69, 9.17) is 9.47 Å². The molecule has 9 heteroatoms. The molecule has 0 aromatic heterocycles. The summed E-state index contributed by atoms with van der Waals surface area (Å²) < 4.78 is 11.6. The normalized spacial score (nSPS) is 27.9. The van der Waals surface area contributed by atoms with E-state index in [2.05, 4.69) is 23.6 Å². The van der Waals surface area contributed by atoms with Gasteiger partial charge in [-0.3, -0.25) is 14.4 Å². The third-order valence-corrected chi connectivity index (χ3v) is 8.93. The molecule has 3 fully saturated rings. The number of nitriles is 1. The van der Waals surface area contributed by atoms with Crippen LogP contribution in [0.3, 0.4) is 0 Å². The maximum atomic E-state index is 13.4. The van der Waals surface area contributed by atoms with Crippen molar-refractivity contribution >= 4 is 17.8 Å². The zero-order valence-corrected chi connectivity index (χ0v) is 22.6. The van der Waals surface area contributed by atoms with Crippen LogP contribution in [0.2, 0.25) is 0 Å². The van der Waals surface area contributed by atoms with Crippen LogP contribution >= 0.6 is 0 Å². The number of hydrogen-bond donors (Lipinski definition) is 3. The van der Waals surface area contributed by atoms with Gasteiger partial charge >= 0.3 is 5.97 Å². The number of amides is 2. The van der Waals surface area contributed by atoms with Gasteiger partial charge in [-0.05, 0) is 69.8 Å². The zero-order chi connectivity index (χ0) is 27.5. The van der Waals surface area contributed by atoms with Crippen molar-refractivity contribution in [3.05, 3.63) is 23.3 Å². The van der Waals surface area contributed by atoms with Gasteiger partial charge in [0.2, 0.25) is 5.91 Å². The van der Waals surface area contributed by atoms with Crippen LogP contribution in [-0.2, 0) is 9.59 Å². The molecule has 3 saturated carbocycles. The summed E-state index contributed by atoms with van der Waals surface area (Å²) in [6, 6.07) is 4.84. The van der Waals surface area contributed by atoms with E-state index >= 15 is 0 Å². The Labute approximate surface area is 224 Å². The second kappa shape index (κ2) is 11.2. The quantitative estimate of drug-likeness (QED) is 0.440. The molecule has 4 rings (SSSR count). The first kappa shape index (κ1) is 27.7. The number of rotatable bonds is 9. The van der Waals surface area contributed by atoms with Gasteiger partial charge in [-0.15, -0.1) is 0 Å². The molecule has 0 bridgehead atoms. The number of methoxy groups -OCH3 is 1. The molecular formula is C29H39N3O6. The molecule has 2 amide bonds. The van der Waals surface area contributed by atoms with Crippen LogP contribution in [0.4, 0.5) is 0 Å². The van der Waals surface area contributed by atoms with Gasteiger partial charge < -0.3 is 25.2 Å². The lowest BCUT2D eigenvalue weighted by atomic mass is 9.70. The number of ether oxygens (including phenoxy) is 2. The highest BCUT2D eigenvalue weighted by atomic mass is 16.5. The van der Waals surface area contributed by atoms with Crippen LogP contribution in [0.5, 0.6) is 11.5 Å². The Morgan fingerprint density at radius 2 is 1.76 bits per heavy atom. The lowest BCUT2D eigenvalue weighted by Crippen LogP contribution is -2.47. The molecule has 0 aliphatic heterocycles. The van der Waals surface area contributed by atoms with Crippen LogP contribution < -0.4 is 20.1 Å². The number of nitrogens with one attached hydrogen (secondary N) is 2. The average Bonchev–Trinajstić information content (AvgIpc) is 3.35. The van der Waals surface area contributed by atoms with Gasteiger partial charge in [-0.2, -0.15) is 5.26 Å². The van der Waals surface area contributed by atoms with Gasteiger partial charge in [-0.1, -0.05) is 19.8 Å². The number of carbonyl (C=O) groups is 3. The number of carboxylic acids is 1. The van der Waals surface area contributed by atoms with Crippen molar-refractivity contribution in [3.8, 4) is 17.6 Å². The molecule has 0 heterocycles. The van der Waals surface area contributed by atoms with E-state index in [9.17, 15) is 24.8 Å². The van der Waals surface area contributed by atoms with Crippen LogP contribution in [0, 0.1) is 28.1 Å². The summed E-state index contributed by atoms with van der Waals surface area (Å²) in [6.07, 6.45) is 7.53. The highest BCUT2D eigenvalue weighted by molar-refractivity contribution is 5.98. The maximum absolute atomic E-state index is 13.4. The lowest BCUT2D eigenvalue weighted by Gasteiger charge is -2.38. The Balaban J connectivity index is 1.45. The highest BCUT2D eigenvalue weighted by Crippen LogP contribution is 2.40. The van der Waals surface area contributed by atoms with E-state index in [1.165, 1.54) is 25.7 Å². The van der Waals surface area contributed by atoms with Crippen molar-refractivity contribution in [2.45, 2.75) is 90.2 Å². The van der Waals surface area contributed by atoms with Crippen molar-refractivity contribution < 1.29 is 29.0 Å². The summed E-state index contributed by atoms with van der Waals surface area (Å²) >= 11 is 0. The monoisotopic (exact) mass is 525 g/mol. The third-order valence-electron chi connectivity index (χ3n) is 8.93. The van der Waals surface area contributed by atoms with Crippen LogP contribution in [0.15, 0.2) is 12.1 Å². The molecule has 3 N–H and O–H groups in total. The lowest BCUT2D eigenvalue weighted by molar-refractivity contribution is -0.150. The SMILES string of the molecule is COc1cc(C#N)c(OC2CCC(C)(C(=O)O)CC2)cc1C(=O)N[C@@H]1CCC[C@@H]1C(=O)NCC1(C)CCC1. The zero-order valence-electron chi connectivity index (χ0n) is 22.6.